The summed E-state index contributed by atoms with van der Waals surface area (Å²) >= 11 is 0. The lowest BCUT2D eigenvalue weighted by molar-refractivity contribution is -0.121. The number of aryl methyl sites for hydroxylation is 1. The summed E-state index contributed by atoms with van der Waals surface area (Å²) in [6, 6.07) is 11.2. The Morgan fingerprint density at radius 1 is 1.21 bits per heavy atom. The summed E-state index contributed by atoms with van der Waals surface area (Å²) in [5.74, 6) is -0.340. The Labute approximate surface area is 142 Å². The standard InChI is InChI=1S/C17H21N3O3S/c1-14-6-3-4-8-16(14)11-19-17(21)13-20(24(2,22)23)12-15-7-5-9-18-10-15/h3-10H,11-13H2,1-2H3,(H,19,21). The van der Waals surface area contributed by atoms with Crippen LogP contribution in [0.15, 0.2) is 48.8 Å². The highest BCUT2D eigenvalue weighted by molar-refractivity contribution is 7.88. The predicted octanol–water partition coefficient (Wildman–Crippen LogP) is 1.47. The van der Waals surface area contributed by atoms with Crippen molar-refractivity contribution < 1.29 is 13.2 Å². The van der Waals surface area contributed by atoms with Gasteiger partial charge in [-0.3, -0.25) is 9.78 Å². The number of carbonyl (C=O) groups excluding carboxylic acids is 1. The van der Waals surface area contributed by atoms with Gasteiger partial charge in [0, 0.05) is 25.5 Å². The SMILES string of the molecule is Cc1ccccc1CNC(=O)CN(Cc1cccnc1)S(C)(=O)=O. The van der Waals surface area contributed by atoms with Gasteiger partial charge in [0.05, 0.1) is 12.8 Å². The van der Waals surface area contributed by atoms with Gasteiger partial charge in [0.15, 0.2) is 0 Å². The van der Waals surface area contributed by atoms with Crippen LogP contribution in [0.3, 0.4) is 0 Å². The lowest BCUT2D eigenvalue weighted by atomic mass is 10.1. The van der Waals surface area contributed by atoms with Crippen LogP contribution in [0.1, 0.15) is 16.7 Å². The van der Waals surface area contributed by atoms with Gasteiger partial charge < -0.3 is 5.32 Å². The molecule has 0 saturated carbocycles. The first-order valence-corrected chi connectivity index (χ1v) is 9.36. The molecule has 0 fully saturated rings. The van der Waals surface area contributed by atoms with Crippen molar-refractivity contribution in [2.45, 2.75) is 20.0 Å². The van der Waals surface area contributed by atoms with Crippen LogP contribution in [0.5, 0.6) is 0 Å². The smallest absolute Gasteiger partial charge is 0.235 e. The molecule has 1 amide bonds. The normalized spacial score (nSPS) is 11.5. The number of hydrogen-bond acceptors (Lipinski definition) is 4. The number of aromatic nitrogens is 1. The van der Waals surface area contributed by atoms with E-state index in [1.807, 2.05) is 31.2 Å². The minimum absolute atomic E-state index is 0.116. The number of pyridine rings is 1. The van der Waals surface area contributed by atoms with Crippen LogP contribution in [0.4, 0.5) is 0 Å². The number of rotatable bonds is 7. The fourth-order valence-electron chi connectivity index (χ4n) is 2.20. The molecule has 1 aromatic heterocycles. The van der Waals surface area contributed by atoms with E-state index in [0.717, 1.165) is 27.3 Å². The molecule has 0 bridgehead atoms. The first kappa shape index (κ1) is 18.1. The lowest BCUT2D eigenvalue weighted by Crippen LogP contribution is -2.39. The van der Waals surface area contributed by atoms with E-state index < -0.39 is 10.0 Å². The van der Waals surface area contributed by atoms with Crippen molar-refractivity contribution in [2.24, 2.45) is 0 Å². The largest absolute Gasteiger partial charge is 0.351 e. The maximum atomic E-state index is 12.1. The summed E-state index contributed by atoms with van der Waals surface area (Å²) in [7, 11) is -3.50. The third-order valence-corrected chi connectivity index (χ3v) is 4.80. The monoisotopic (exact) mass is 347 g/mol. The molecule has 0 unspecified atom stereocenters. The van der Waals surface area contributed by atoms with E-state index in [4.69, 9.17) is 0 Å². The first-order valence-electron chi connectivity index (χ1n) is 7.51. The Kier molecular flexibility index (Phi) is 6.05. The molecule has 0 spiro atoms. The molecular weight excluding hydrogens is 326 g/mol. The van der Waals surface area contributed by atoms with Crippen LogP contribution in [-0.4, -0.2) is 36.4 Å². The van der Waals surface area contributed by atoms with Crippen LogP contribution < -0.4 is 5.32 Å². The van der Waals surface area contributed by atoms with Gasteiger partial charge in [-0.05, 0) is 29.7 Å². The van der Waals surface area contributed by atoms with Crippen molar-refractivity contribution in [2.75, 3.05) is 12.8 Å². The first-order chi connectivity index (χ1) is 11.4. The number of hydrogen-bond donors (Lipinski definition) is 1. The molecule has 0 aliphatic carbocycles. The molecule has 0 saturated heterocycles. The van der Waals surface area contributed by atoms with Gasteiger partial charge in [0.25, 0.3) is 0 Å². The molecule has 0 aliphatic heterocycles. The highest BCUT2D eigenvalue weighted by atomic mass is 32.2. The highest BCUT2D eigenvalue weighted by Crippen LogP contribution is 2.08. The number of amides is 1. The van der Waals surface area contributed by atoms with E-state index in [-0.39, 0.29) is 19.0 Å². The molecule has 6 nitrogen and oxygen atoms in total. The van der Waals surface area contributed by atoms with Crippen molar-refractivity contribution in [1.29, 1.82) is 0 Å². The van der Waals surface area contributed by atoms with Crippen molar-refractivity contribution in [3.05, 3.63) is 65.5 Å². The average Bonchev–Trinajstić information content (AvgIpc) is 2.53. The second-order valence-electron chi connectivity index (χ2n) is 5.60. The van der Waals surface area contributed by atoms with E-state index in [0.29, 0.717) is 6.54 Å². The topological polar surface area (TPSA) is 79.4 Å². The molecular formula is C17H21N3O3S. The minimum Gasteiger partial charge on any atom is -0.351 e. The van der Waals surface area contributed by atoms with E-state index in [1.165, 1.54) is 0 Å². The fourth-order valence-corrected chi connectivity index (χ4v) is 2.94. The molecule has 2 aromatic rings. The molecule has 1 heterocycles. The van der Waals surface area contributed by atoms with Gasteiger partial charge in [-0.25, -0.2) is 8.42 Å². The Bertz CT molecular complexity index is 792. The molecule has 0 atom stereocenters. The van der Waals surface area contributed by atoms with Gasteiger partial charge in [0.1, 0.15) is 0 Å². The molecule has 7 heteroatoms. The number of nitrogens with zero attached hydrogens (tertiary/aromatic N) is 2. The third-order valence-electron chi connectivity index (χ3n) is 3.61. The van der Waals surface area contributed by atoms with Crippen molar-refractivity contribution in [3.63, 3.8) is 0 Å². The Morgan fingerprint density at radius 3 is 2.58 bits per heavy atom. The lowest BCUT2D eigenvalue weighted by Gasteiger charge is -2.19. The van der Waals surface area contributed by atoms with E-state index in [1.54, 1.807) is 24.5 Å². The van der Waals surface area contributed by atoms with Gasteiger partial charge >= 0.3 is 0 Å². The summed E-state index contributed by atoms with van der Waals surface area (Å²) in [5, 5.41) is 2.77. The quantitative estimate of drug-likeness (QED) is 0.822. The Morgan fingerprint density at radius 2 is 1.96 bits per heavy atom. The number of carbonyl (C=O) groups is 1. The van der Waals surface area contributed by atoms with E-state index in [9.17, 15) is 13.2 Å². The Balaban J connectivity index is 1.99. The second kappa shape index (κ2) is 8.03. The van der Waals surface area contributed by atoms with Gasteiger partial charge in [-0.15, -0.1) is 0 Å². The zero-order valence-electron chi connectivity index (χ0n) is 13.8. The minimum atomic E-state index is -3.50. The third kappa shape index (κ3) is 5.43. The molecule has 128 valence electrons. The molecule has 2 rings (SSSR count). The molecule has 24 heavy (non-hydrogen) atoms. The average molecular weight is 347 g/mol. The van der Waals surface area contributed by atoms with E-state index >= 15 is 0 Å². The highest BCUT2D eigenvalue weighted by Gasteiger charge is 2.20. The van der Waals surface area contributed by atoms with Gasteiger partial charge in [-0.1, -0.05) is 30.3 Å². The van der Waals surface area contributed by atoms with Crippen LogP contribution in [0.2, 0.25) is 0 Å². The van der Waals surface area contributed by atoms with Crippen LogP contribution in [0, 0.1) is 6.92 Å². The number of sulfonamides is 1. The summed E-state index contributed by atoms with van der Waals surface area (Å²) < 4.78 is 25.0. The van der Waals surface area contributed by atoms with Crippen LogP contribution >= 0.6 is 0 Å². The molecule has 0 radical (unpaired) electrons. The zero-order valence-corrected chi connectivity index (χ0v) is 14.6. The van der Waals surface area contributed by atoms with Gasteiger partial charge in [-0.2, -0.15) is 4.31 Å². The van der Waals surface area contributed by atoms with Crippen molar-refractivity contribution in [1.82, 2.24) is 14.6 Å². The van der Waals surface area contributed by atoms with Gasteiger partial charge in [0.2, 0.25) is 15.9 Å². The summed E-state index contributed by atoms with van der Waals surface area (Å²) in [6.45, 7) is 2.23. The maximum Gasteiger partial charge on any atom is 0.235 e. The summed E-state index contributed by atoms with van der Waals surface area (Å²) in [4.78, 5) is 16.1. The fraction of sp³-hybridized carbons (Fsp3) is 0.294. The number of nitrogens with one attached hydrogen (secondary N) is 1. The molecule has 1 N–H and O–H groups in total. The van der Waals surface area contributed by atoms with E-state index in [2.05, 4.69) is 10.3 Å². The molecule has 0 aliphatic rings. The molecule has 1 aromatic carbocycles. The maximum absolute atomic E-state index is 12.1. The predicted molar refractivity (Wildman–Crippen MR) is 92.5 cm³/mol. The summed E-state index contributed by atoms with van der Waals surface area (Å²) in [5.41, 5.74) is 2.81. The Hall–Kier alpha value is -2.25. The van der Waals surface area contributed by atoms with Crippen molar-refractivity contribution >= 4 is 15.9 Å². The summed E-state index contributed by atoms with van der Waals surface area (Å²) in [6.07, 6.45) is 4.30. The zero-order chi connectivity index (χ0) is 17.6. The van der Waals surface area contributed by atoms with Crippen molar-refractivity contribution in [3.8, 4) is 0 Å². The second-order valence-corrected chi connectivity index (χ2v) is 7.58. The number of benzene rings is 1. The van der Waals surface area contributed by atoms with Crippen LogP contribution in [-0.2, 0) is 27.9 Å². The van der Waals surface area contributed by atoms with Crippen LogP contribution in [0.25, 0.3) is 0 Å².